The quantitative estimate of drug-likeness (QED) is 0.519. The van der Waals surface area contributed by atoms with E-state index >= 15 is 0 Å². The number of rotatable bonds is 3. The van der Waals surface area contributed by atoms with Crippen LogP contribution in [0.2, 0.25) is 0 Å². The minimum atomic E-state index is -0.384. The third kappa shape index (κ3) is 2.62. The van der Waals surface area contributed by atoms with E-state index in [1.54, 1.807) is 0 Å². The summed E-state index contributed by atoms with van der Waals surface area (Å²) in [5.41, 5.74) is 4.34. The minimum absolute atomic E-state index is 0.299. The SMILES string of the molecule is Cc1cc(CN2CCc3sccc3C2C)oc1C(=O)NN. The van der Waals surface area contributed by atoms with Crippen molar-refractivity contribution < 1.29 is 9.21 Å². The second-order valence-electron chi connectivity index (χ2n) is 5.39. The number of hydrazine groups is 1. The molecule has 1 amide bonds. The first kappa shape index (κ1) is 14.3. The van der Waals surface area contributed by atoms with Crippen molar-refractivity contribution in [3.63, 3.8) is 0 Å². The number of hydrogen-bond acceptors (Lipinski definition) is 5. The van der Waals surface area contributed by atoms with Crippen LogP contribution in [0.4, 0.5) is 0 Å². The lowest BCUT2D eigenvalue weighted by atomic mass is 10.0. The number of carbonyl (C=O) groups excluding carboxylic acids is 1. The van der Waals surface area contributed by atoms with Crippen molar-refractivity contribution in [2.75, 3.05) is 6.54 Å². The molecule has 3 heterocycles. The fourth-order valence-electron chi connectivity index (χ4n) is 2.89. The molecule has 1 unspecified atom stereocenters. The molecule has 0 radical (unpaired) electrons. The van der Waals surface area contributed by atoms with Gasteiger partial charge in [-0.3, -0.25) is 15.1 Å². The third-order valence-electron chi connectivity index (χ3n) is 4.07. The summed E-state index contributed by atoms with van der Waals surface area (Å²) < 4.78 is 5.66. The fourth-order valence-corrected chi connectivity index (χ4v) is 3.86. The number of thiophene rings is 1. The highest BCUT2D eigenvalue weighted by atomic mass is 32.1. The molecular formula is C15H19N3O2S. The maximum Gasteiger partial charge on any atom is 0.301 e. The van der Waals surface area contributed by atoms with Gasteiger partial charge in [0.15, 0.2) is 5.76 Å². The van der Waals surface area contributed by atoms with E-state index in [0.717, 1.165) is 24.3 Å². The minimum Gasteiger partial charge on any atom is -0.454 e. The van der Waals surface area contributed by atoms with Crippen LogP contribution >= 0.6 is 11.3 Å². The molecule has 6 heteroatoms. The Bertz CT molecular complexity index is 662. The Morgan fingerprint density at radius 1 is 1.62 bits per heavy atom. The Kier molecular flexibility index (Phi) is 3.84. The molecular weight excluding hydrogens is 286 g/mol. The molecule has 112 valence electrons. The Morgan fingerprint density at radius 2 is 2.43 bits per heavy atom. The highest BCUT2D eigenvalue weighted by Crippen LogP contribution is 2.34. The zero-order chi connectivity index (χ0) is 15.0. The summed E-state index contributed by atoms with van der Waals surface area (Å²) in [4.78, 5) is 15.4. The van der Waals surface area contributed by atoms with Gasteiger partial charge in [0.05, 0.1) is 6.54 Å². The molecule has 5 nitrogen and oxygen atoms in total. The monoisotopic (exact) mass is 305 g/mol. The van der Waals surface area contributed by atoms with Crippen molar-refractivity contribution >= 4 is 17.2 Å². The maximum atomic E-state index is 11.6. The molecule has 0 aliphatic carbocycles. The first-order valence-corrected chi connectivity index (χ1v) is 7.88. The zero-order valence-electron chi connectivity index (χ0n) is 12.2. The first-order valence-electron chi connectivity index (χ1n) is 7.00. The Labute approximate surface area is 127 Å². The lowest BCUT2D eigenvalue weighted by Crippen LogP contribution is -2.32. The normalized spacial score (nSPS) is 18.5. The summed E-state index contributed by atoms with van der Waals surface area (Å²) >= 11 is 1.83. The fraction of sp³-hybridized carbons (Fsp3) is 0.400. The van der Waals surface area contributed by atoms with Crippen molar-refractivity contribution in [3.05, 3.63) is 45.0 Å². The van der Waals surface area contributed by atoms with Crippen LogP contribution in [-0.2, 0) is 13.0 Å². The van der Waals surface area contributed by atoms with E-state index in [-0.39, 0.29) is 5.91 Å². The first-order chi connectivity index (χ1) is 10.1. The molecule has 21 heavy (non-hydrogen) atoms. The van der Waals surface area contributed by atoms with E-state index in [9.17, 15) is 4.79 Å². The lowest BCUT2D eigenvalue weighted by molar-refractivity contribution is 0.0919. The van der Waals surface area contributed by atoms with Gasteiger partial charge in [-0.1, -0.05) is 0 Å². The van der Waals surface area contributed by atoms with Crippen LogP contribution in [0.25, 0.3) is 0 Å². The van der Waals surface area contributed by atoms with E-state index in [1.807, 2.05) is 24.3 Å². The summed E-state index contributed by atoms with van der Waals surface area (Å²) in [5, 5.41) is 2.16. The predicted molar refractivity (Wildman–Crippen MR) is 81.9 cm³/mol. The van der Waals surface area contributed by atoms with E-state index < -0.39 is 0 Å². The molecule has 0 saturated heterocycles. The average molecular weight is 305 g/mol. The molecule has 3 N–H and O–H groups in total. The second-order valence-corrected chi connectivity index (χ2v) is 6.39. The molecule has 0 saturated carbocycles. The van der Waals surface area contributed by atoms with Crippen molar-refractivity contribution in [1.82, 2.24) is 10.3 Å². The zero-order valence-corrected chi connectivity index (χ0v) is 13.0. The van der Waals surface area contributed by atoms with Gasteiger partial charge in [-0.05, 0) is 43.3 Å². The van der Waals surface area contributed by atoms with E-state index in [2.05, 4.69) is 28.7 Å². The molecule has 0 fully saturated rings. The largest absolute Gasteiger partial charge is 0.454 e. The van der Waals surface area contributed by atoms with Gasteiger partial charge in [0, 0.05) is 23.0 Å². The lowest BCUT2D eigenvalue weighted by Gasteiger charge is -2.32. The van der Waals surface area contributed by atoms with Crippen molar-refractivity contribution in [3.8, 4) is 0 Å². The third-order valence-corrected chi connectivity index (χ3v) is 5.07. The number of nitrogens with zero attached hydrogens (tertiary/aromatic N) is 1. The van der Waals surface area contributed by atoms with Crippen molar-refractivity contribution in [2.24, 2.45) is 5.84 Å². The number of nitrogen functional groups attached to an aromatic ring is 1. The van der Waals surface area contributed by atoms with Crippen LogP contribution in [0.5, 0.6) is 0 Å². The van der Waals surface area contributed by atoms with Gasteiger partial charge in [0.1, 0.15) is 5.76 Å². The number of furan rings is 1. The van der Waals surface area contributed by atoms with Gasteiger partial charge < -0.3 is 4.42 Å². The Morgan fingerprint density at radius 3 is 3.19 bits per heavy atom. The maximum absolute atomic E-state index is 11.6. The smallest absolute Gasteiger partial charge is 0.301 e. The summed E-state index contributed by atoms with van der Waals surface area (Å²) in [5.74, 6) is 5.88. The highest BCUT2D eigenvalue weighted by Gasteiger charge is 2.26. The molecule has 0 spiro atoms. The van der Waals surface area contributed by atoms with Crippen molar-refractivity contribution in [2.45, 2.75) is 32.9 Å². The van der Waals surface area contributed by atoms with Crippen LogP contribution in [-0.4, -0.2) is 17.4 Å². The van der Waals surface area contributed by atoms with E-state index in [0.29, 0.717) is 18.3 Å². The Hall–Kier alpha value is -1.63. The van der Waals surface area contributed by atoms with Gasteiger partial charge in [0.2, 0.25) is 0 Å². The second kappa shape index (κ2) is 5.63. The van der Waals surface area contributed by atoms with Crippen LogP contribution < -0.4 is 11.3 Å². The van der Waals surface area contributed by atoms with Crippen LogP contribution in [0, 0.1) is 6.92 Å². The average Bonchev–Trinajstić information content (AvgIpc) is 3.08. The van der Waals surface area contributed by atoms with E-state index in [4.69, 9.17) is 10.3 Å². The van der Waals surface area contributed by atoms with Crippen LogP contribution in [0.15, 0.2) is 21.9 Å². The number of nitrogens with one attached hydrogen (secondary N) is 1. The standard InChI is InChI=1S/C15H19N3O2S/c1-9-7-11(20-14(9)15(19)17-16)8-18-5-3-13-12(10(18)2)4-6-21-13/h4,6-7,10H,3,5,8,16H2,1-2H3,(H,17,19). The number of carbonyl (C=O) groups is 1. The summed E-state index contributed by atoms with van der Waals surface area (Å²) in [6, 6.07) is 4.50. The number of amides is 1. The Balaban J connectivity index is 1.77. The van der Waals surface area contributed by atoms with Gasteiger partial charge in [-0.2, -0.15) is 0 Å². The van der Waals surface area contributed by atoms with Gasteiger partial charge in [0.25, 0.3) is 0 Å². The van der Waals surface area contributed by atoms with Crippen LogP contribution in [0.1, 0.15) is 45.3 Å². The molecule has 1 atom stereocenters. The summed E-state index contributed by atoms with van der Waals surface area (Å²) in [6.07, 6.45) is 1.08. The molecule has 1 aliphatic rings. The van der Waals surface area contributed by atoms with Crippen LogP contribution in [0.3, 0.4) is 0 Å². The number of nitrogens with two attached hydrogens (primary N) is 1. The van der Waals surface area contributed by atoms with Crippen molar-refractivity contribution in [1.29, 1.82) is 0 Å². The van der Waals surface area contributed by atoms with E-state index in [1.165, 1.54) is 10.4 Å². The van der Waals surface area contributed by atoms with Gasteiger partial charge in [-0.15, -0.1) is 11.3 Å². The molecule has 0 aromatic carbocycles. The number of fused-ring (bicyclic) bond motifs is 1. The highest BCUT2D eigenvalue weighted by molar-refractivity contribution is 7.10. The molecule has 1 aliphatic heterocycles. The summed E-state index contributed by atoms with van der Waals surface area (Å²) in [7, 11) is 0. The molecule has 2 aromatic heterocycles. The molecule has 0 bridgehead atoms. The molecule has 2 aromatic rings. The van der Waals surface area contributed by atoms with Gasteiger partial charge >= 0.3 is 5.91 Å². The number of hydrogen-bond donors (Lipinski definition) is 2. The summed E-state index contributed by atoms with van der Waals surface area (Å²) in [6.45, 7) is 5.78. The predicted octanol–water partition coefficient (Wildman–Crippen LogP) is 2.37. The van der Waals surface area contributed by atoms with Gasteiger partial charge in [-0.25, -0.2) is 5.84 Å². The molecule has 3 rings (SSSR count). The number of aryl methyl sites for hydroxylation is 1. The topological polar surface area (TPSA) is 71.5 Å².